The summed E-state index contributed by atoms with van der Waals surface area (Å²) in [4.78, 5) is 2.27. The van der Waals surface area contributed by atoms with Gasteiger partial charge in [0.2, 0.25) is 0 Å². The van der Waals surface area contributed by atoms with Gasteiger partial charge in [-0.1, -0.05) is 32.3 Å². The minimum absolute atomic E-state index is 0.841. The van der Waals surface area contributed by atoms with E-state index in [0.29, 0.717) is 0 Å². The number of nitrogen functional groups attached to an aromatic ring is 1. The summed E-state index contributed by atoms with van der Waals surface area (Å²) < 4.78 is 0. The minimum Gasteiger partial charge on any atom is -0.399 e. The molecule has 0 fully saturated rings. The Morgan fingerprint density at radius 1 is 1.20 bits per heavy atom. The molecule has 0 saturated carbocycles. The fourth-order valence-corrected chi connectivity index (χ4v) is 1.67. The molecule has 0 bridgehead atoms. The maximum absolute atomic E-state index is 5.75. The second-order valence-electron chi connectivity index (χ2n) is 4.08. The highest BCUT2D eigenvalue weighted by Gasteiger charge is 1.99. The first-order chi connectivity index (χ1) is 7.24. The van der Waals surface area contributed by atoms with Crippen molar-refractivity contribution in [2.24, 2.45) is 0 Å². The molecule has 15 heavy (non-hydrogen) atoms. The molecule has 2 heteroatoms. The average Bonchev–Trinajstić information content (AvgIpc) is 2.24. The van der Waals surface area contributed by atoms with Gasteiger partial charge in [0.1, 0.15) is 0 Å². The SMILES string of the molecule is CCCCCCN(C)c1cccc(N)c1. The molecule has 84 valence electrons. The van der Waals surface area contributed by atoms with Crippen LogP contribution in [0.3, 0.4) is 0 Å². The topological polar surface area (TPSA) is 29.3 Å². The summed E-state index contributed by atoms with van der Waals surface area (Å²) in [7, 11) is 2.13. The zero-order valence-corrected chi connectivity index (χ0v) is 9.87. The van der Waals surface area contributed by atoms with Crippen LogP contribution < -0.4 is 10.6 Å². The third-order valence-corrected chi connectivity index (χ3v) is 2.66. The molecule has 0 amide bonds. The molecule has 1 aromatic rings. The first kappa shape index (κ1) is 11.9. The number of hydrogen-bond donors (Lipinski definition) is 1. The Morgan fingerprint density at radius 3 is 2.67 bits per heavy atom. The zero-order chi connectivity index (χ0) is 11.1. The molecule has 1 aromatic carbocycles. The molecule has 0 unspecified atom stereocenters. The Morgan fingerprint density at radius 2 is 2.00 bits per heavy atom. The predicted octanol–water partition coefficient (Wildman–Crippen LogP) is 3.29. The fraction of sp³-hybridized carbons (Fsp3) is 0.538. The van der Waals surface area contributed by atoms with Crippen LogP contribution >= 0.6 is 0 Å². The molecule has 0 heterocycles. The molecule has 0 aliphatic rings. The quantitative estimate of drug-likeness (QED) is 0.571. The van der Waals surface area contributed by atoms with Crippen LogP contribution in [0.4, 0.5) is 11.4 Å². The normalized spacial score (nSPS) is 10.3. The van der Waals surface area contributed by atoms with Crippen LogP contribution in [0.5, 0.6) is 0 Å². The number of anilines is 2. The first-order valence-corrected chi connectivity index (χ1v) is 5.80. The zero-order valence-electron chi connectivity index (χ0n) is 9.87. The van der Waals surface area contributed by atoms with Gasteiger partial charge in [0, 0.05) is 25.0 Å². The van der Waals surface area contributed by atoms with Crippen molar-refractivity contribution in [1.82, 2.24) is 0 Å². The third-order valence-electron chi connectivity index (χ3n) is 2.66. The Kier molecular flexibility index (Phi) is 5.02. The van der Waals surface area contributed by atoms with Crippen molar-refractivity contribution in [3.05, 3.63) is 24.3 Å². The van der Waals surface area contributed by atoms with E-state index in [-0.39, 0.29) is 0 Å². The van der Waals surface area contributed by atoms with E-state index in [0.717, 1.165) is 12.2 Å². The second-order valence-corrected chi connectivity index (χ2v) is 4.08. The van der Waals surface area contributed by atoms with E-state index >= 15 is 0 Å². The smallest absolute Gasteiger partial charge is 0.0384 e. The van der Waals surface area contributed by atoms with Gasteiger partial charge in [-0.2, -0.15) is 0 Å². The van der Waals surface area contributed by atoms with Gasteiger partial charge in [-0.3, -0.25) is 0 Å². The number of nitrogens with zero attached hydrogens (tertiary/aromatic N) is 1. The number of unbranched alkanes of at least 4 members (excludes halogenated alkanes) is 3. The van der Waals surface area contributed by atoms with Crippen molar-refractivity contribution in [1.29, 1.82) is 0 Å². The summed E-state index contributed by atoms with van der Waals surface area (Å²) in [6, 6.07) is 8.07. The van der Waals surface area contributed by atoms with E-state index in [1.54, 1.807) is 0 Å². The predicted molar refractivity (Wildman–Crippen MR) is 68.3 cm³/mol. The third kappa shape index (κ3) is 4.24. The van der Waals surface area contributed by atoms with E-state index in [1.165, 1.54) is 31.4 Å². The van der Waals surface area contributed by atoms with E-state index in [9.17, 15) is 0 Å². The highest BCUT2D eigenvalue weighted by Crippen LogP contribution is 2.16. The first-order valence-electron chi connectivity index (χ1n) is 5.80. The lowest BCUT2D eigenvalue weighted by molar-refractivity contribution is 0.661. The lowest BCUT2D eigenvalue weighted by Crippen LogP contribution is -2.18. The lowest BCUT2D eigenvalue weighted by atomic mass is 10.2. The largest absolute Gasteiger partial charge is 0.399 e. The second kappa shape index (κ2) is 6.33. The van der Waals surface area contributed by atoms with Crippen molar-refractivity contribution >= 4 is 11.4 Å². The highest BCUT2D eigenvalue weighted by molar-refractivity contribution is 5.55. The monoisotopic (exact) mass is 206 g/mol. The average molecular weight is 206 g/mol. The standard InChI is InChI=1S/C13H22N2/c1-3-4-5-6-10-15(2)13-9-7-8-12(14)11-13/h7-9,11H,3-6,10,14H2,1-2H3. The van der Waals surface area contributed by atoms with Crippen LogP contribution in [-0.2, 0) is 0 Å². The van der Waals surface area contributed by atoms with Gasteiger partial charge in [-0.05, 0) is 24.6 Å². The molecule has 0 saturated heterocycles. The maximum atomic E-state index is 5.75. The molecule has 0 radical (unpaired) electrons. The van der Waals surface area contributed by atoms with Crippen molar-refractivity contribution in [3.8, 4) is 0 Å². The van der Waals surface area contributed by atoms with Crippen LogP contribution in [0.2, 0.25) is 0 Å². The molecule has 0 aliphatic carbocycles. The fourth-order valence-electron chi connectivity index (χ4n) is 1.67. The number of nitrogens with two attached hydrogens (primary N) is 1. The molecule has 2 nitrogen and oxygen atoms in total. The van der Waals surface area contributed by atoms with Crippen molar-refractivity contribution < 1.29 is 0 Å². The Hall–Kier alpha value is -1.18. The molecule has 0 atom stereocenters. The molecular weight excluding hydrogens is 184 g/mol. The molecule has 1 rings (SSSR count). The van der Waals surface area contributed by atoms with Gasteiger partial charge in [0.15, 0.2) is 0 Å². The van der Waals surface area contributed by atoms with Crippen LogP contribution in [0, 0.1) is 0 Å². The van der Waals surface area contributed by atoms with Crippen molar-refractivity contribution in [3.63, 3.8) is 0 Å². The molecule has 2 N–H and O–H groups in total. The Balaban J connectivity index is 2.36. The highest BCUT2D eigenvalue weighted by atomic mass is 15.1. The summed E-state index contributed by atoms with van der Waals surface area (Å²) in [6.07, 6.45) is 5.22. The molecule has 0 aromatic heterocycles. The van der Waals surface area contributed by atoms with Gasteiger partial charge in [-0.15, -0.1) is 0 Å². The van der Waals surface area contributed by atoms with E-state index in [2.05, 4.69) is 24.9 Å². The minimum atomic E-state index is 0.841. The number of benzene rings is 1. The maximum Gasteiger partial charge on any atom is 0.0384 e. The van der Waals surface area contributed by atoms with Gasteiger partial charge in [-0.25, -0.2) is 0 Å². The van der Waals surface area contributed by atoms with E-state index < -0.39 is 0 Å². The van der Waals surface area contributed by atoms with Gasteiger partial charge < -0.3 is 10.6 Å². The summed E-state index contributed by atoms with van der Waals surface area (Å²) >= 11 is 0. The van der Waals surface area contributed by atoms with Gasteiger partial charge in [0.05, 0.1) is 0 Å². The lowest BCUT2D eigenvalue weighted by Gasteiger charge is -2.19. The number of hydrogen-bond acceptors (Lipinski definition) is 2. The Bertz CT molecular complexity index is 284. The summed E-state index contributed by atoms with van der Waals surface area (Å²) in [5.41, 5.74) is 7.80. The van der Waals surface area contributed by atoms with Gasteiger partial charge >= 0.3 is 0 Å². The summed E-state index contributed by atoms with van der Waals surface area (Å²) in [6.45, 7) is 3.35. The van der Waals surface area contributed by atoms with E-state index in [4.69, 9.17) is 5.73 Å². The van der Waals surface area contributed by atoms with Crippen molar-refractivity contribution in [2.45, 2.75) is 32.6 Å². The van der Waals surface area contributed by atoms with E-state index in [1.807, 2.05) is 18.2 Å². The summed E-state index contributed by atoms with van der Waals surface area (Å²) in [5.74, 6) is 0. The number of rotatable bonds is 6. The van der Waals surface area contributed by atoms with Crippen LogP contribution in [0.15, 0.2) is 24.3 Å². The molecule has 0 aliphatic heterocycles. The van der Waals surface area contributed by atoms with Crippen LogP contribution in [0.25, 0.3) is 0 Å². The van der Waals surface area contributed by atoms with Gasteiger partial charge in [0.25, 0.3) is 0 Å². The molecule has 0 spiro atoms. The van der Waals surface area contributed by atoms with Crippen LogP contribution in [-0.4, -0.2) is 13.6 Å². The molecular formula is C13H22N2. The Labute approximate surface area is 93.1 Å². The summed E-state index contributed by atoms with van der Waals surface area (Å²) in [5, 5.41) is 0. The van der Waals surface area contributed by atoms with Crippen molar-refractivity contribution in [2.75, 3.05) is 24.2 Å². The van der Waals surface area contributed by atoms with Crippen LogP contribution in [0.1, 0.15) is 32.6 Å².